The summed E-state index contributed by atoms with van der Waals surface area (Å²) in [6, 6.07) is 2.19. The van der Waals surface area contributed by atoms with Gasteiger partial charge >= 0.3 is 0 Å². The molecule has 1 fully saturated rings. The van der Waals surface area contributed by atoms with E-state index in [1.807, 2.05) is 0 Å². The first-order valence-corrected chi connectivity index (χ1v) is 5.82. The van der Waals surface area contributed by atoms with Crippen molar-refractivity contribution in [1.29, 1.82) is 0 Å². The van der Waals surface area contributed by atoms with Crippen molar-refractivity contribution in [3.8, 4) is 0 Å². The number of hydrogen-bond donors (Lipinski definition) is 1. The van der Waals surface area contributed by atoms with Crippen LogP contribution in [0.5, 0.6) is 0 Å². The highest BCUT2D eigenvalue weighted by Crippen LogP contribution is 2.17. The molecule has 0 unspecified atom stereocenters. The minimum Gasteiger partial charge on any atom is -0.378 e. The van der Waals surface area contributed by atoms with E-state index in [9.17, 15) is 0 Å². The Labute approximate surface area is 94.8 Å². The Bertz CT molecular complexity index is 376. The second kappa shape index (κ2) is 4.35. The molecule has 0 atom stereocenters. The molecule has 3 heterocycles. The largest absolute Gasteiger partial charge is 0.378 e. The van der Waals surface area contributed by atoms with Crippen molar-refractivity contribution in [2.45, 2.75) is 13.0 Å². The number of anilines is 1. The molecule has 1 aromatic heterocycles. The number of hydrogen-bond acceptors (Lipinski definition) is 5. The molecule has 1 saturated heterocycles. The number of nitrogens with one attached hydrogen (secondary N) is 1. The van der Waals surface area contributed by atoms with E-state index in [1.54, 1.807) is 0 Å². The van der Waals surface area contributed by atoms with E-state index in [-0.39, 0.29) is 0 Å². The van der Waals surface area contributed by atoms with Gasteiger partial charge in [0.25, 0.3) is 0 Å². The molecule has 0 bridgehead atoms. The third-order valence-electron chi connectivity index (χ3n) is 3.15. The zero-order valence-corrected chi connectivity index (χ0v) is 9.28. The van der Waals surface area contributed by atoms with Crippen LogP contribution in [0, 0.1) is 0 Å². The lowest BCUT2D eigenvalue weighted by atomic mass is 10.1. The molecule has 2 aliphatic rings. The van der Waals surface area contributed by atoms with Gasteiger partial charge in [-0.05, 0) is 24.6 Å². The van der Waals surface area contributed by atoms with Crippen LogP contribution in [0.2, 0.25) is 0 Å². The molecule has 1 aromatic rings. The van der Waals surface area contributed by atoms with Gasteiger partial charge in [0, 0.05) is 19.6 Å². The summed E-state index contributed by atoms with van der Waals surface area (Å²) in [5, 5.41) is 11.9. The molecule has 5 heteroatoms. The number of morpholine rings is 1. The van der Waals surface area contributed by atoms with Crippen molar-refractivity contribution >= 4 is 5.82 Å². The van der Waals surface area contributed by atoms with Gasteiger partial charge in [0.1, 0.15) is 0 Å². The molecule has 0 amide bonds. The second-order valence-corrected chi connectivity index (χ2v) is 4.20. The molecule has 0 saturated carbocycles. The molecule has 16 heavy (non-hydrogen) atoms. The van der Waals surface area contributed by atoms with Crippen LogP contribution in [0.25, 0.3) is 0 Å². The van der Waals surface area contributed by atoms with Gasteiger partial charge in [0.15, 0.2) is 5.82 Å². The van der Waals surface area contributed by atoms with Gasteiger partial charge in [0.2, 0.25) is 0 Å². The predicted octanol–water partition coefficient (Wildman–Crippen LogP) is -0.0411. The lowest BCUT2D eigenvalue weighted by molar-refractivity contribution is 0.122. The van der Waals surface area contributed by atoms with Crippen LogP contribution in [0.1, 0.15) is 11.3 Å². The Morgan fingerprint density at radius 2 is 2.12 bits per heavy atom. The van der Waals surface area contributed by atoms with Gasteiger partial charge in [-0.1, -0.05) is 0 Å². The van der Waals surface area contributed by atoms with Crippen LogP contribution < -0.4 is 10.2 Å². The number of fused-ring (bicyclic) bond motifs is 1. The zero-order valence-electron chi connectivity index (χ0n) is 9.28. The van der Waals surface area contributed by atoms with E-state index in [4.69, 9.17) is 4.74 Å². The summed E-state index contributed by atoms with van der Waals surface area (Å²) in [4.78, 5) is 2.25. The summed E-state index contributed by atoms with van der Waals surface area (Å²) in [5.74, 6) is 1.00. The first-order chi connectivity index (χ1) is 7.93. The number of nitrogens with zero attached hydrogens (tertiary/aromatic N) is 3. The van der Waals surface area contributed by atoms with E-state index < -0.39 is 0 Å². The number of aromatic nitrogens is 2. The normalized spacial score (nSPS) is 20.6. The number of rotatable bonds is 1. The molecule has 3 rings (SSSR count). The summed E-state index contributed by atoms with van der Waals surface area (Å²) in [7, 11) is 0. The highest BCUT2D eigenvalue weighted by atomic mass is 16.5. The van der Waals surface area contributed by atoms with Crippen LogP contribution in [0.15, 0.2) is 6.07 Å². The fourth-order valence-corrected chi connectivity index (χ4v) is 2.19. The Balaban J connectivity index is 1.84. The van der Waals surface area contributed by atoms with Gasteiger partial charge < -0.3 is 15.0 Å². The Hall–Kier alpha value is -1.20. The molecule has 2 aliphatic heterocycles. The van der Waals surface area contributed by atoms with E-state index >= 15 is 0 Å². The fraction of sp³-hybridized carbons (Fsp3) is 0.636. The summed E-state index contributed by atoms with van der Waals surface area (Å²) in [5.41, 5.74) is 2.44. The monoisotopic (exact) mass is 220 g/mol. The summed E-state index contributed by atoms with van der Waals surface area (Å²) >= 11 is 0. The van der Waals surface area contributed by atoms with Crippen molar-refractivity contribution < 1.29 is 4.74 Å². The summed E-state index contributed by atoms with van der Waals surface area (Å²) < 4.78 is 5.33. The van der Waals surface area contributed by atoms with E-state index in [1.165, 1.54) is 5.56 Å². The van der Waals surface area contributed by atoms with Crippen LogP contribution in [0.4, 0.5) is 5.82 Å². The first-order valence-electron chi connectivity index (χ1n) is 5.82. The molecule has 0 aliphatic carbocycles. The molecule has 5 nitrogen and oxygen atoms in total. The lowest BCUT2D eigenvalue weighted by Gasteiger charge is -2.28. The molecule has 0 spiro atoms. The summed E-state index contributed by atoms with van der Waals surface area (Å²) in [6.07, 6.45) is 1.06. The molecule has 0 radical (unpaired) electrons. The molecular formula is C11H16N4O. The average molecular weight is 220 g/mol. The van der Waals surface area contributed by atoms with Crippen molar-refractivity contribution in [2.75, 3.05) is 37.7 Å². The predicted molar refractivity (Wildman–Crippen MR) is 60.5 cm³/mol. The molecule has 86 valence electrons. The van der Waals surface area contributed by atoms with E-state index in [0.717, 1.165) is 57.3 Å². The highest BCUT2D eigenvalue weighted by molar-refractivity contribution is 5.42. The van der Waals surface area contributed by atoms with Gasteiger partial charge in [-0.15, -0.1) is 5.10 Å². The van der Waals surface area contributed by atoms with Crippen LogP contribution >= 0.6 is 0 Å². The summed E-state index contributed by atoms with van der Waals surface area (Å²) in [6.45, 7) is 5.32. The van der Waals surface area contributed by atoms with E-state index in [2.05, 4.69) is 26.5 Å². The Morgan fingerprint density at radius 3 is 3.00 bits per heavy atom. The van der Waals surface area contributed by atoms with Gasteiger partial charge in [-0.2, -0.15) is 5.10 Å². The minimum atomic E-state index is 0.792. The van der Waals surface area contributed by atoms with Gasteiger partial charge in [-0.25, -0.2) is 0 Å². The molecule has 1 N–H and O–H groups in total. The molecule has 0 aromatic carbocycles. The van der Waals surface area contributed by atoms with Crippen LogP contribution in [0.3, 0.4) is 0 Å². The Morgan fingerprint density at radius 1 is 1.25 bits per heavy atom. The van der Waals surface area contributed by atoms with Crippen LogP contribution in [-0.4, -0.2) is 43.0 Å². The third kappa shape index (κ3) is 1.88. The van der Waals surface area contributed by atoms with Crippen molar-refractivity contribution in [2.24, 2.45) is 0 Å². The minimum absolute atomic E-state index is 0.792. The van der Waals surface area contributed by atoms with Crippen molar-refractivity contribution in [1.82, 2.24) is 15.5 Å². The maximum absolute atomic E-state index is 5.33. The lowest BCUT2D eigenvalue weighted by Crippen LogP contribution is -2.37. The molecular weight excluding hydrogens is 204 g/mol. The Kier molecular flexibility index (Phi) is 2.71. The van der Waals surface area contributed by atoms with Gasteiger partial charge in [-0.3, -0.25) is 0 Å². The quantitative estimate of drug-likeness (QED) is 0.719. The zero-order chi connectivity index (χ0) is 10.8. The maximum Gasteiger partial charge on any atom is 0.151 e. The van der Waals surface area contributed by atoms with Crippen molar-refractivity contribution in [3.63, 3.8) is 0 Å². The third-order valence-corrected chi connectivity index (χ3v) is 3.15. The number of ether oxygens (including phenoxy) is 1. The fourth-order valence-electron chi connectivity index (χ4n) is 2.19. The SMILES string of the molecule is c1c(N2CCOCC2)nnc2c1CCNC2. The van der Waals surface area contributed by atoms with Crippen LogP contribution in [-0.2, 0) is 17.7 Å². The average Bonchev–Trinajstić information content (AvgIpc) is 2.39. The van der Waals surface area contributed by atoms with Crippen molar-refractivity contribution in [3.05, 3.63) is 17.3 Å². The second-order valence-electron chi connectivity index (χ2n) is 4.20. The highest BCUT2D eigenvalue weighted by Gasteiger charge is 2.16. The maximum atomic E-state index is 5.33. The first kappa shape index (κ1) is 9.99. The van der Waals surface area contributed by atoms with E-state index in [0.29, 0.717) is 0 Å². The smallest absolute Gasteiger partial charge is 0.151 e. The topological polar surface area (TPSA) is 50.3 Å². The van der Waals surface area contributed by atoms with Gasteiger partial charge in [0.05, 0.1) is 18.9 Å². The standard InChI is InChI=1S/C11H16N4O/c1-2-12-8-10-9(1)7-11(14-13-10)15-3-5-16-6-4-15/h7,12H,1-6,8H2.